The SMILES string of the molecule is COc1cccc(C2/C(=C(\O)c3cc(OC)c(Cl)cc3OC)C(=O)C(=O)N2Cc2cccnc2)c1. The Morgan fingerprint density at radius 1 is 1.03 bits per heavy atom. The maximum atomic E-state index is 13.3. The van der Waals surface area contributed by atoms with Crippen LogP contribution in [0.4, 0.5) is 0 Å². The summed E-state index contributed by atoms with van der Waals surface area (Å²) in [5.41, 5.74) is 1.40. The molecule has 2 aromatic carbocycles. The van der Waals surface area contributed by atoms with Gasteiger partial charge in [0.1, 0.15) is 23.0 Å². The summed E-state index contributed by atoms with van der Waals surface area (Å²) in [5, 5.41) is 11.7. The molecule has 0 spiro atoms. The molecule has 1 fully saturated rings. The first-order valence-electron chi connectivity index (χ1n) is 10.6. The van der Waals surface area contributed by atoms with Gasteiger partial charge in [0.25, 0.3) is 11.7 Å². The van der Waals surface area contributed by atoms with E-state index >= 15 is 0 Å². The van der Waals surface area contributed by atoms with E-state index in [2.05, 4.69) is 4.98 Å². The lowest BCUT2D eigenvalue weighted by Gasteiger charge is -2.26. The lowest BCUT2D eigenvalue weighted by atomic mass is 9.94. The molecule has 1 aliphatic heterocycles. The Morgan fingerprint density at radius 3 is 2.46 bits per heavy atom. The summed E-state index contributed by atoms with van der Waals surface area (Å²) >= 11 is 6.22. The third kappa shape index (κ3) is 4.52. The predicted octanol–water partition coefficient (Wildman–Crippen LogP) is 4.38. The Labute approximate surface area is 207 Å². The van der Waals surface area contributed by atoms with Gasteiger partial charge in [0.2, 0.25) is 0 Å². The number of carbonyl (C=O) groups excluding carboxylic acids is 2. The van der Waals surface area contributed by atoms with Gasteiger partial charge in [-0.1, -0.05) is 29.8 Å². The topological polar surface area (TPSA) is 98.2 Å². The van der Waals surface area contributed by atoms with Gasteiger partial charge in [-0.2, -0.15) is 0 Å². The summed E-state index contributed by atoms with van der Waals surface area (Å²) in [7, 11) is 4.37. The molecule has 4 rings (SSSR count). The number of hydrogen-bond acceptors (Lipinski definition) is 7. The zero-order valence-corrected chi connectivity index (χ0v) is 20.1. The van der Waals surface area contributed by atoms with Gasteiger partial charge in [0.15, 0.2) is 0 Å². The number of Topliss-reactive ketones (excluding diaryl/α,β-unsaturated/α-hetero) is 1. The summed E-state index contributed by atoms with van der Waals surface area (Å²) in [6.07, 6.45) is 3.24. The predicted molar refractivity (Wildman–Crippen MR) is 130 cm³/mol. The molecule has 1 aromatic heterocycles. The van der Waals surface area contributed by atoms with E-state index in [9.17, 15) is 14.7 Å². The van der Waals surface area contributed by atoms with Crippen LogP contribution in [0.1, 0.15) is 22.7 Å². The number of amides is 1. The molecule has 3 aromatic rings. The Bertz CT molecular complexity index is 1310. The van der Waals surface area contributed by atoms with Gasteiger partial charge in [0, 0.05) is 25.0 Å². The Kier molecular flexibility index (Phi) is 6.93. The highest BCUT2D eigenvalue weighted by atomic mass is 35.5. The average molecular weight is 495 g/mol. The number of nitrogens with zero attached hydrogens (tertiary/aromatic N) is 2. The van der Waals surface area contributed by atoms with Crippen LogP contribution in [0.25, 0.3) is 5.76 Å². The van der Waals surface area contributed by atoms with Crippen molar-refractivity contribution < 1.29 is 28.9 Å². The number of aliphatic hydroxyl groups is 1. The molecule has 2 heterocycles. The summed E-state index contributed by atoms with van der Waals surface area (Å²) in [4.78, 5) is 32.1. The van der Waals surface area contributed by atoms with Crippen molar-refractivity contribution >= 4 is 29.1 Å². The third-order valence-corrected chi connectivity index (χ3v) is 6.05. The van der Waals surface area contributed by atoms with Crippen molar-refractivity contribution in [2.45, 2.75) is 12.6 Å². The zero-order valence-electron chi connectivity index (χ0n) is 19.3. The lowest BCUT2D eigenvalue weighted by molar-refractivity contribution is -0.140. The number of likely N-dealkylation sites (tertiary alicyclic amines) is 1. The van der Waals surface area contributed by atoms with Crippen LogP contribution in [0.15, 0.2) is 66.5 Å². The summed E-state index contributed by atoms with van der Waals surface area (Å²) < 4.78 is 16.0. The van der Waals surface area contributed by atoms with Crippen molar-refractivity contribution in [3.8, 4) is 17.2 Å². The van der Waals surface area contributed by atoms with Crippen LogP contribution < -0.4 is 14.2 Å². The first-order valence-corrected chi connectivity index (χ1v) is 11.0. The third-order valence-electron chi connectivity index (χ3n) is 5.75. The van der Waals surface area contributed by atoms with E-state index in [1.165, 1.54) is 38.4 Å². The fourth-order valence-electron chi connectivity index (χ4n) is 4.08. The second-order valence-electron chi connectivity index (χ2n) is 7.75. The number of ether oxygens (including phenoxy) is 3. The van der Waals surface area contributed by atoms with Crippen molar-refractivity contribution in [3.63, 3.8) is 0 Å². The molecule has 1 amide bonds. The van der Waals surface area contributed by atoms with Crippen LogP contribution in [0.2, 0.25) is 5.02 Å². The van der Waals surface area contributed by atoms with E-state index in [0.29, 0.717) is 11.3 Å². The fraction of sp³-hybridized carbons (Fsp3) is 0.192. The molecule has 0 aliphatic carbocycles. The van der Waals surface area contributed by atoms with E-state index < -0.39 is 23.5 Å². The van der Waals surface area contributed by atoms with Crippen molar-refractivity contribution in [1.29, 1.82) is 0 Å². The molecule has 0 bridgehead atoms. The second-order valence-corrected chi connectivity index (χ2v) is 8.16. The Hall–Kier alpha value is -4.04. The normalized spacial score (nSPS) is 16.9. The molecule has 8 nitrogen and oxygen atoms in total. The van der Waals surface area contributed by atoms with Crippen molar-refractivity contribution in [3.05, 3.63) is 88.2 Å². The Morgan fingerprint density at radius 2 is 1.80 bits per heavy atom. The summed E-state index contributed by atoms with van der Waals surface area (Å²) in [6.45, 7) is 0.109. The summed E-state index contributed by atoms with van der Waals surface area (Å²) in [5.74, 6) is -0.942. The van der Waals surface area contributed by atoms with Crippen LogP contribution in [0.5, 0.6) is 17.2 Å². The molecule has 1 atom stereocenters. The first-order chi connectivity index (χ1) is 16.9. The highest BCUT2D eigenvalue weighted by molar-refractivity contribution is 6.46. The number of halogens is 1. The number of benzene rings is 2. The number of aliphatic hydroxyl groups excluding tert-OH is 1. The first kappa shape index (κ1) is 24.1. The van der Waals surface area contributed by atoms with E-state index in [0.717, 1.165) is 5.56 Å². The van der Waals surface area contributed by atoms with Crippen LogP contribution in [-0.4, -0.2) is 48.0 Å². The van der Waals surface area contributed by atoms with Crippen LogP contribution in [0, 0.1) is 0 Å². The fourth-order valence-corrected chi connectivity index (χ4v) is 4.31. The molecule has 0 saturated carbocycles. The number of ketones is 1. The van der Waals surface area contributed by atoms with Gasteiger partial charge in [0.05, 0.1) is 43.5 Å². The van der Waals surface area contributed by atoms with Gasteiger partial charge in [-0.05, 0) is 35.4 Å². The van der Waals surface area contributed by atoms with Gasteiger partial charge < -0.3 is 24.2 Å². The number of hydrogen-bond donors (Lipinski definition) is 1. The van der Waals surface area contributed by atoms with Gasteiger partial charge in [-0.25, -0.2) is 0 Å². The van der Waals surface area contributed by atoms with E-state index in [4.69, 9.17) is 25.8 Å². The minimum Gasteiger partial charge on any atom is -0.507 e. The monoisotopic (exact) mass is 494 g/mol. The molecular formula is C26H23ClN2O6. The molecule has 0 radical (unpaired) electrons. The largest absolute Gasteiger partial charge is 0.507 e. The number of aromatic nitrogens is 1. The molecular weight excluding hydrogens is 472 g/mol. The van der Waals surface area contributed by atoms with Crippen LogP contribution in [-0.2, 0) is 16.1 Å². The Balaban J connectivity index is 1.94. The van der Waals surface area contributed by atoms with Crippen molar-refractivity contribution in [2.75, 3.05) is 21.3 Å². The number of rotatable bonds is 7. The minimum atomic E-state index is -0.892. The number of methoxy groups -OCH3 is 3. The van der Waals surface area contributed by atoms with E-state index in [1.807, 2.05) is 6.07 Å². The molecule has 9 heteroatoms. The van der Waals surface area contributed by atoms with E-state index in [-0.39, 0.29) is 34.2 Å². The van der Waals surface area contributed by atoms with Crippen molar-refractivity contribution in [2.24, 2.45) is 0 Å². The maximum absolute atomic E-state index is 13.3. The van der Waals surface area contributed by atoms with Crippen molar-refractivity contribution in [1.82, 2.24) is 9.88 Å². The maximum Gasteiger partial charge on any atom is 0.295 e. The van der Waals surface area contributed by atoms with Gasteiger partial charge in [-0.15, -0.1) is 0 Å². The second kappa shape index (κ2) is 10.1. The molecule has 35 heavy (non-hydrogen) atoms. The molecule has 1 N–H and O–H groups in total. The van der Waals surface area contributed by atoms with Crippen LogP contribution in [0.3, 0.4) is 0 Å². The van der Waals surface area contributed by atoms with E-state index in [1.54, 1.807) is 42.7 Å². The van der Waals surface area contributed by atoms with Gasteiger partial charge in [-0.3, -0.25) is 14.6 Å². The molecule has 1 aliphatic rings. The highest BCUT2D eigenvalue weighted by Crippen LogP contribution is 2.44. The quantitative estimate of drug-likeness (QED) is 0.295. The molecule has 1 unspecified atom stereocenters. The standard InChI is InChI=1S/C26H23ClN2O6/c1-33-17-8-4-7-16(10-17)23-22(24(30)18-11-21(35-3)19(27)12-20(18)34-2)25(31)26(32)29(23)14-15-6-5-9-28-13-15/h4-13,23,30H,14H2,1-3H3/b24-22+. The lowest BCUT2D eigenvalue weighted by Crippen LogP contribution is -2.29. The van der Waals surface area contributed by atoms with Gasteiger partial charge >= 0.3 is 0 Å². The molecule has 180 valence electrons. The average Bonchev–Trinajstić information content (AvgIpc) is 3.13. The smallest absolute Gasteiger partial charge is 0.295 e. The van der Waals surface area contributed by atoms with Crippen LogP contribution >= 0.6 is 11.6 Å². The molecule has 1 saturated heterocycles. The number of pyridine rings is 1. The number of carbonyl (C=O) groups is 2. The minimum absolute atomic E-state index is 0.0881. The summed E-state index contributed by atoms with van der Waals surface area (Å²) in [6, 6.07) is 12.6. The highest BCUT2D eigenvalue weighted by Gasteiger charge is 2.46. The zero-order chi connectivity index (χ0) is 25.1.